The summed E-state index contributed by atoms with van der Waals surface area (Å²) < 4.78 is 0. The van der Waals surface area contributed by atoms with E-state index in [1.54, 1.807) is 18.2 Å². The fraction of sp³-hybridized carbons (Fsp3) is 0.0667. The summed E-state index contributed by atoms with van der Waals surface area (Å²) in [5.41, 5.74) is 2.67. The van der Waals surface area contributed by atoms with E-state index in [4.69, 9.17) is 0 Å². The molecule has 18 heavy (non-hydrogen) atoms. The lowest BCUT2D eigenvalue weighted by atomic mass is 9.96. The Hall–Kier alpha value is -2.42. The van der Waals surface area contributed by atoms with E-state index in [9.17, 15) is 14.7 Å². The lowest BCUT2D eigenvalue weighted by Gasteiger charge is -2.09. The molecule has 0 saturated carbocycles. The summed E-state index contributed by atoms with van der Waals surface area (Å²) in [5.74, 6) is -2.68. The Morgan fingerprint density at radius 3 is 2.17 bits per heavy atom. The molecule has 0 atom stereocenters. The molecule has 0 amide bonds. The minimum atomic E-state index is -1.69. The Labute approximate surface area is 105 Å². The summed E-state index contributed by atoms with van der Waals surface area (Å²) >= 11 is 0. The summed E-state index contributed by atoms with van der Waals surface area (Å²) in [6.45, 7) is 1.96. The minimum absolute atomic E-state index is 0.154. The van der Waals surface area contributed by atoms with Gasteiger partial charge in [0.05, 0.1) is 0 Å². The number of hydrogen-bond acceptors (Lipinski definition) is 3. The van der Waals surface area contributed by atoms with Crippen molar-refractivity contribution in [2.24, 2.45) is 0 Å². The normalized spacial score (nSPS) is 10.1. The fourth-order valence-corrected chi connectivity index (χ4v) is 1.78. The molecule has 3 nitrogen and oxygen atoms in total. The number of carboxylic acid groups (broad SMARTS) is 1. The molecule has 0 heterocycles. The smallest absolute Gasteiger partial charge is 0.209 e. The molecule has 90 valence electrons. The number of carbonyl (C=O) groups is 2. The predicted molar refractivity (Wildman–Crippen MR) is 66.0 cm³/mol. The van der Waals surface area contributed by atoms with E-state index in [0.29, 0.717) is 5.56 Å². The molecule has 0 aliphatic rings. The van der Waals surface area contributed by atoms with Gasteiger partial charge in [-0.1, -0.05) is 54.1 Å². The number of hydrogen-bond donors (Lipinski definition) is 0. The number of carbonyl (C=O) groups excluding carboxylic acids is 2. The maximum atomic E-state index is 11.5. The van der Waals surface area contributed by atoms with Gasteiger partial charge in [0, 0.05) is 5.56 Å². The number of benzene rings is 2. The molecule has 0 radical (unpaired) electrons. The summed E-state index contributed by atoms with van der Waals surface area (Å²) in [5, 5.41) is 10.7. The van der Waals surface area contributed by atoms with Gasteiger partial charge < -0.3 is 9.90 Å². The van der Waals surface area contributed by atoms with Crippen LogP contribution in [0.1, 0.15) is 15.9 Å². The molecule has 0 aliphatic heterocycles. The number of ketones is 1. The monoisotopic (exact) mass is 239 g/mol. The highest BCUT2D eigenvalue weighted by atomic mass is 16.4. The average molecular weight is 239 g/mol. The maximum absolute atomic E-state index is 11.5. The third-order valence-electron chi connectivity index (χ3n) is 2.72. The van der Waals surface area contributed by atoms with Crippen LogP contribution >= 0.6 is 0 Å². The van der Waals surface area contributed by atoms with Gasteiger partial charge in [-0.25, -0.2) is 0 Å². The standard InChI is InChI=1S/C15H12O3/c1-10-6-8-11(9-7-10)12-4-2-3-5-13(12)14(16)15(17)18/h2-9H,1H3,(H,17,18)/p-1. The Morgan fingerprint density at radius 2 is 1.56 bits per heavy atom. The van der Waals surface area contributed by atoms with Crippen molar-refractivity contribution in [3.8, 4) is 11.1 Å². The maximum Gasteiger partial charge on any atom is 0.209 e. The first kappa shape index (κ1) is 12.0. The van der Waals surface area contributed by atoms with Gasteiger partial charge in [-0.05, 0) is 18.1 Å². The van der Waals surface area contributed by atoms with Gasteiger partial charge in [-0.15, -0.1) is 0 Å². The second kappa shape index (κ2) is 4.84. The third kappa shape index (κ3) is 2.30. The van der Waals surface area contributed by atoms with Crippen LogP contribution in [-0.2, 0) is 4.79 Å². The molecule has 2 aromatic carbocycles. The summed E-state index contributed by atoms with van der Waals surface area (Å²) in [7, 11) is 0. The third-order valence-corrected chi connectivity index (χ3v) is 2.72. The highest BCUT2D eigenvalue weighted by Gasteiger charge is 2.12. The van der Waals surface area contributed by atoms with Crippen LogP contribution in [0.5, 0.6) is 0 Å². The van der Waals surface area contributed by atoms with Crippen molar-refractivity contribution in [1.82, 2.24) is 0 Å². The number of carboxylic acids is 1. The first-order chi connectivity index (χ1) is 8.59. The van der Waals surface area contributed by atoms with E-state index >= 15 is 0 Å². The van der Waals surface area contributed by atoms with Crippen LogP contribution in [0.3, 0.4) is 0 Å². The molecule has 2 aromatic rings. The van der Waals surface area contributed by atoms with Crippen LogP contribution in [0, 0.1) is 6.92 Å². The zero-order chi connectivity index (χ0) is 13.1. The second-order valence-corrected chi connectivity index (χ2v) is 4.03. The fourth-order valence-electron chi connectivity index (χ4n) is 1.78. The summed E-state index contributed by atoms with van der Waals surface area (Å²) in [6.07, 6.45) is 0. The first-order valence-electron chi connectivity index (χ1n) is 5.51. The number of aliphatic carboxylic acids is 1. The SMILES string of the molecule is Cc1ccc(-c2ccccc2C(=O)C(=O)[O-])cc1. The Bertz CT molecular complexity index is 597. The van der Waals surface area contributed by atoms with Gasteiger partial charge in [0.1, 0.15) is 5.97 Å². The molecule has 0 unspecified atom stereocenters. The van der Waals surface area contributed by atoms with Crippen LogP contribution in [0.25, 0.3) is 11.1 Å². The van der Waals surface area contributed by atoms with Crippen LogP contribution in [0.2, 0.25) is 0 Å². The van der Waals surface area contributed by atoms with Gasteiger partial charge in [0.25, 0.3) is 0 Å². The van der Waals surface area contributed by atoms with Crippen LogP contribution in [-0.4, -0.2) is 11.8 Å². The van der Waals surface area contributed by atoms with Crippen molar-refractivity contribution in [2.45, 2.75) is 6.92 Å². The van der Waals surface area contributed by atoms with Gasteiger partial charge in [-0.3, -0.25) is 4.79 Å². The molecule has 0 saturated heterocycles. The van der Waals surface area contributed by atoms with Gasteiger partial charge in [-0.2, -0.15) is 0 Å². The molecule has 0 fully saturated rings. The highest BCUT2D eigenvalue weighted by molar-refractivity contribution is 6.40. The van der Waals surface area contributed by atoms with Crippen LogP contribution < -0.4 is 5.11 Å². The molecular weight excluding hydrogens is 228 g/mol. The number of aryl methyl sites for hydroxylation is 1. The highest BCUT2D eigenvalue weighted by Crippen LogP contribution is 2.24. The van der Waals surface area contributed by atoms with E-state index in [-0.39, 0.29) is 5.56 Å². The first-order valence-corrected chi connectivity index (χ1v) is 5.51. The van der Waals surface area contributed by atoms with Crippen molar-refractivity contribution in [2.75, 3.05) is 0 Å². The molecule has 0 N–H and O–H groups in total. The largest absolute Gasteiger partial charge is 0.541 e. The van der Waals surface area contributed by atoms with E-state index < -0.39 is 11.8 Å². The number of rotatable bonds is 3. The minimum Gasteiger partial charge on any atom is -0.541 e. The van der Waals surface area contributed by atoms with Crippen molar-refractivity contribution in [1.29, 1.82) is 0 Å². The van der Waals surface area contributed by atoms with E-state index in [1.165, 1.54) is 6.07 Å². The molecular formula is C15H11O3-. The second-order valence-electron chi connectivity index (χ2n) is 4.03. The number of Topliss-reactive ketones (excluding diaryl/α,β-unsaturated/α-hetero) is 1. The van der Waals surface area contributed by atoms with Crippen molar-refractivity contribution in [3.05, 3.63) is 59.7 Å². The molecule has 0 aromatic heterocycles. The van der Waals surface area contributed by atoms with Crippen LogP contribution in [0.4, 0.5) is 0 Å². The quantitative estimate of drug-likeness (QED) is 0.603. The molecule has 0 bridgehead atoms. The Kier molecular flexibility index (Phi) is 3.24. The van der Waals surface area contributed by atoms with E-state index in [2.05, 4.69) is 0 Å². The van der Waals surface area contributed by atoms with Crippen molar-refractivity contribution >= 4 is 11.8 Å². The lowest BCUT2D eigenvalue weighted by molar-refractivity contribution is -0.296. The van der Waals surface area contributed by atoms with Crippen LogP contribution in [0.15, 0.2) is 48.5 Å². The van der Waals surface area contributed by atoms with Gasteiger partial charge >= 0.3 is 0 Å². The molecule has 0 spiro atoms. The molecule has 2 rings (SSSR count). The van der Waals surface area contributed by atoms with Gasteiger partial charge in [0.2, 0.25) is 5.78 Å². The summed E-state index contributed by atoms with van der Waals surface area (Å²) in [4.78, 5) is 22.2. The molecule has 3 heteroatoms. The topological polar surface area (TPSA) is 57.2 Å². The Morgan fingerprint density at radius 1 is 0.944 bits per heavy atom. The zero-order valence-corrected chi connectivity index (χ0v) is 9.84. The van der Waals surface area contributed by atoms with E-state index in [0.717, 1.165) is 11.1 Å². The summed E-state index contributed by atoms with van der Waals surface area (Å²) in [6, 6.07) is 14.2. The predicted octanol–water partition coefficient (Wildman–Crippen LogP) is 1.59. The molecule has 0 aliphatic carbocycles. The van der Waals surface area contributed by atoms with Crippen molar-refractivity contribution < 1.29 is 14.7 Å². The van der Waals surface area contributed by atoms with Gasteiger partial charge in [0.15, 0.2) is 0 Å². The average Bonchev–Trinajstić information content (AvgIpc) is 2.39. The van der Waals surface area contributed by atoms with Crippen molar-refractivity contribution in [3.63, 3.8) is 0 Å². The Balaban J connectivity index is 2.54. The lowest BCUT2D eigenvalue weighted by Crippen LogP contribution is -2.31. The zero-order valence-electron chi connectivity index (χ0n) is 9.84. The van der Waals surface area contributed by atoms with E-state index in [1.807, 2.05) is 31.2 Å².